The number of aryl methyl sites for hydroxylation is 1. The molecule has 112 valence electrons. The predicted octanol–water partition coefficient (Wildman–Crippen LogP) is 2.70. The Hall–Kier alpha value is -2.11. The quantitative estimate of drug-likeness (QED) is 0.656. The summed E-state index contributed by atoms with van der Waals surface area (Å²) in [5.41, 5.74) is 4.71. The first-order valence-electron chi connectivity index (χ1n) is 6.54. The molecule has 1 unspecified atom stereocenters. The van der Waals surface area contributed by atoms with Gasteiger partial charge in [-0.25, -0.2) is 9.82 Å². The molecule has 0 aliphatic rings. The summed E-state index contributed by atoms with van der Waals surface area (Å²) in [7, 11) is 3.13. The summed E-state index contributed by atoms with van der Waals surface area (Å²) in [6.07, 6.45) is 0. The summed E-state index contributed by atoms with van der Waals surface area (Å²) in [5, 5.41) is 0. The molecule has 0 aliphatic heterocycles. The molecule has 0 saturated heterocycles. The Morgan fingerprint density at radius 2 is 1.76 bits per heavy atom. The summed E-state index contributed by atoms with van der Waals surface area (Å²) in [4.78, 5) is 0. The van der Waals surface area contributed by atoms with Crippen molar-refractivity contribution in [3.05, 3.63) is 58.9 Å². The van der Waals surface area contributed by atoms with Crippen LogP contribution in [0.1, 0.15) is 22.7 Å². The molecule has 0 bridgehead atoms. The smallest absolute Gasteiger partial charge is 0.128 e. The molecule has 21 heavy (non-hydrogen) atoms. The molecule has 2 aromatic rings. The van der Waals surface area contributed by atoms with E-state index in [2.05, 4.69) is 5.43 Å². The van der Waals surface area contributed by atoms with E-state index in [1.165, 1.54) is 6.07 Å². The number of methoxy groups -OCH3 is 2. The fraction of sp³-hybridized carbons (Fsp3) is 0.250. The molecule has 0 aliphatic carbocycles. The normalized spacial score (nSPS) is 12.0. The monoisotopic (exact) mass is 290 g/mol. The molecule has 0 amide bonds. The van der Waals surface area contributed by atoms with Crippen LogP contribution in [0.2, 0.25) is 0 Å². The SMILES string of the molecule is COc1ccc(C(NN)c2ccc(C)cc2F)c(OC)c1. The van der Waals surface area contributed by atoms with Gasteiger partial charge in [0.15, 0.2) is 0 Å². The van der Waals surface area contributed by atoms with Crippen LogP contribution in [0, 0.1) is 12.7 Å². The predicted molar refractivity (Wildman–Crippen MR) is 79.8 cm³/mol. The van der Waals surface area contributed by atoms with E-state index in [1.807, 2.05) is 19.1 Å². The van der Waals surface area contributed by atoms with Crippen LogP contribution in [-0.2, 0) is 0 Å². The lowest BCUT2D eigenvalue weighted by molar-refractivity contribution is 0.387. The fourth-order valence-electron chi connectivity index (χ4n) is 2.27. The summed E-state index contributed by atoms with van der Waals surface area (Å²) in [6, 6.07) is 9.88. The maximum Gasteiger partial charge on any atom is 0.128 e. The minimum atomic E-state index is -0.508. The Morgan fingerprint density at radius 1 is 1.05 bits per heavy atom. The van der Waals surface area contributed by atoms with Crippen molar-refractivity contribution in [2.24, 2.45) is 5.84 Å². The second kappa shape index (κ2) is 6.56. The van der Waals surface area contributed by atoms with Crippen LogP contribution >= 0.6 is 0 Å². The van der Waals surface area contributed by atoms with Crippen LogP contribution < -0.4 is 20.7 Å². The molecule has 0 spiro atoms. The van der Waals surface area contributed by atoms with Crippen LogP contribution in [0.3, 0.4) is 0 Å². The summed E-state index contributed by atoms with van der Waals surface area (Å²) in [6.45, 7) is 1.84. The second-order valence-electron chi connectivity index (χ2n) is 4.73. The van der Waals surface area contributed by atoms with Gasteiger partial charge in [0.25, 0.3) is 0 Å². The van der Waals surface area contributed by atoms with E-state index in [1.54, 1.807) is 32.4 Å². The second-order valence-corrected chi connectivity index (χ2v) is 4.73. The van der Waals surface area contributed by atoms with Crippen molar-refractivity contribution in [2.45, 2.75) is 13.0 Å². The highest BCUT2D eigenvalue weighted by molar-refractivity contribution is 5.46. The van der Waals surface area contributed by atoms with Gasteiger partial charge in [0, 0.05) is 17.2 Å². The van der Waals surface area contributed by atoms with E-state index >= 15 is 0 Å². The van der Waals surface area contributed by atoms with E-state index in [4.69, 9.17) is 15.3 Å². The molecule has 2 rings (SSSR count). The number of hydrazine groups is 1. The molecule has 5 heteroatoms. The molecule has 0 fully saturated rings. The average molecular weight is 290 g/mol. The van der Waals surface area contributed by atoms with Gasteiger partial charge in [-0.1, -0.05) is 12.1 Å². The third kappa shape index (κ3) is 3.15. The van der Waals surface area contributed by atoms with Crippen molar-refractivity contribution in [3.63, 3.8) is 0 Å². The van der Waals surface area contributed by atoms with Crippen LogP contribution in [0.4, 0.5) is 4.39 Å². The maximum absolute atomic E-state index is 14.2. The Balaban J connectivity index is 2.50. The van der Waals surface area contributed by atoms with E-state index < -0.39 is 6.04 Å². The first kappa shape index (κ1) is 15.3. The highest BCUT2D eigenvalue weighted by Crippen LogP contribution is 2.33. The molecule has 4 nitrogen and oxygen atoms in total. The Morgan fingerprint density at radius 3 is 2.33 bits per heavy atom. The minimum Gasteiger partial charge on any atom is -0.497 e. The molecular formula is C16H19FN2O2. The van der Waals surface area contributed by atoms with Crippen LogP contribution in [0.15, 0.2) is 36.4 Å². The number of hydrogen-bond donors (Lipinski definition) is 2. The molecular weight excluding hydrogens is 271 g/mol. The van der Waals surface area contributed by atoms with Gasteiger partial charge in [-0.15, -0.1) is 0 Å². The largest absolute Gasteiger partial charge is 0.497 e. The third-order valence-electron chi connectivity index (χ3n) is 3.39. The highest BCUT2D eigenvalue weighted by Gasteiger charge is 2.20. The van der Waals surface area contributed by atoms with Gasteiger partial charge in [-0.2, -0.15) is 0 Å². The molecule has 0 heterocycles. The first-order chi connectivity index (χ1) is 10.1. The third-order valence-corrected chi connectivity index (χ3v) is 3.39. The van der Waals surface area contributed by atoms with Crippen LogP contribution in [0.5, 0.6) is 11.5 Å². The van der Waals surface area contributed by atoms with E-state index in [-0.39, 0.29) is 5.82 Å². The first-order valence-corrected chi connectivity index (χ1v) is 6.54. The van der Waals surface area contributed by atoms with Gasteiger partial charge >= 0.3 is 0 Å². The van der Waals surface area contributed by atoms with Gasteiger partial charge in [0.2, 0.25) is 0 Å². The number of nitrogens with one attached hydrogen (secondary N) is 1. The molecule has 1 atom stereocenters. The van der Waals surface area contributed by atoms with Crippen LogP contribution in [0.25, 0.3) is 0 Å². The molecule has 0 radical (unpaired) electrons. The molecule has 0 saturated carbocycles. The van der Waals surface area contributed by atoms with Crippen molar-refractivity contribution in [1.29, 1.82) is 0 Å². The van der Waals surface area contributed by atoms with Crippen LogP contribution in [-0.4, -0.2) is 14.2 Å². The number of hydrogen-bond acceptors (Lipinski definition) is 4. The summed E-state index contributed by atoms with van der Waals surface area (Å²) < 4.78 is 24.7. The molecule has 0 aromatic heterocycles. The van der Waals surface area contributed by atoms with Crippen molar-refractivity contribution >= 4 is 0 Å². The zero-order chi connectivity index (χ0) is 15.4. The number of benzene rings is 2. The van der Waals surface area contributed by atoms with Crippen molar-refractivity contribution in [2.75, 3.05) is 14.2 Å². The number of rotatable bonds is 5. The van der Waals surface area contributed by atoms with Crippen molar-refractivity contribution < 1.29 is 13.9 Å². The molecule has 2 aromatic carbocycles. The summed E-state index contributed by atoms with van der Waals surface area (Å²) >= 11 is 0. The van der Waals surface area contributed by atoms with Gasteiger partial charge < -0.3 is 9.47 Å². The minimum absolute atomic E-state index is 0.309. The number of halogens is 1. The zero-order valence-corrected chi connectivity index (χ0v) is 12.3. The van der Waals surface area contributed by atoms with Crippen molar-refractivity contribution in [1.82, 2.24) is 5.43 Å². The number of nitrogens with two attached hydrogens (primary N) is 1. The topological polar surface area (TPSA) is 56.5 Å². The Labute approximate surface area is 123 Å². The molecule has 3 N–H and O–H groups in total. The van der Waals surface area contributed by atoms with Gasteiger partial charge in [0.1, 0.15) is 17.3 Å². The maximum atomic E-state index is 14.2. The summed E-state index contributed by atoms with van der Waals surface area (Å²) in [5.74, 6) is 6.57. The van der Waals surface area contributed by atoms with Gasteiger partial charge in [-0.3, -0.25) is 5.84 Å². The standard InChI is InChI=1S/C16H19FN2O2/c1-10-4-6-12(14(17)8-10)16(19-18)13-7-5-11(20-2)9-15(13)21-3/h4-9,16,19H,18H2,1-3H3. The zero-order valence-electron chi connectivity index (χ0n) is 12.3. The average Bonchev–Trinajstić information content (AvgIpc) is 2.50. The fourth-order valence-corrected chi connectivity index (χ4v) is 2.27. The van der Waals surface area contributed by atoms with Gasteiger partial charge in [0.05, 0.1) is 20.3 Å². The highest BCUT2D eigenvalue weighted by atomic mass is 19.1. The Kier molecular flexibility index (Phi) is 4.77. The lowest BCUT2D eigenvalue weighted by atomic mass is 9.97. The van der Waals surface area contributed by atoms with E-state index in [9.17, 15) is 4.39 Å². The lowest BCUT2D eigenvalue weighted by Gasteiger charge is -2.21. The Bertz CT molecular complexity index is 632. The van der Waals surface area contributed by atoms with Gasteiger partial charge in [-0.05, 0) is 30.7 Å². The lowest BCUT2D eigenvalue weighted by Crippen LogP contribution is -2.30. The number of ether oxygens (including phenoxy) is 2. The van der Waals surface area contributed by atoms with E-state index in [0.717, 1.165) is 11.1 Å². The van der Waals surface area contributed by atoms with E-state index in [0.29, 0.717) is 17.1 Å². The van der Waals surface area contributed by atoms with Crippen molar-refractivity contribution in [3.8, 4) is 11.5 Å².